The number of hydrogen-bond acceptors (Lipinski definition) is 4. The Morgan fingerprint density at radius 3 is 3.00 bits per heavy atom. The molecule has 1 unspecified atom stereocenters. The maximum atomic E-state index is 12.1. The quantitative estimate of drug-likeness (QED) is 0.809. The van der Waals surface area contributed by atoms with Crippen LogP contribution in [-0.4, -0.2) is 33.8 Å². The van der Waals surface area contributed by atoms with Crippen LogP contribution >= 0.6 is 0 Å². The minimum absolute atomic E-state index is 0.0221. The van der Waals surface area contributed by atoms with Crippen molar-refractivity contribution in [3.8, 4) is 0 Å². The first-order valence-electron chi connectivity index (χ1n) is 7.12. The zero-order valence-corrected chi connectivity index (χ0v) is 12.4. The van der Waals surface area contributed by atoms with Crippen LogP contribution in [0.4, 0.5) is 5.69 Å². The summed E-state index contributed by atoms with van der Waals surface area (Å²) in [6.45, 7) is 6.12. The Bertz CT molecular complexity index is 567. The third kappa shape index (κ3) is 4.68. The van der Waals surface area contributed by atoms with Gasteiger partial charge in [0.15, 0.2) is 0 Å². The number of nitrogens with one attached hydrogen (secondary N) is 2. The summed E-state index contributed by atoms with van der Waals surface area (Å²) in [5, 5.41) is 10.2. The summed E-state index contributed by atoms with van der Waals surface area (Å²) < 4.78 is 1.74. The van der Waals surface area contributed by atoms with E-state index < -0.39 is 0 Å². The van der Waals surface area contributed by atoms with Gasteiger partial charge in [0.1, 0.15) is 12.7 Å². The normalized spacial score (nSPS) is 12.1. The second kappa shape index (κ2) is 7.54. The predicted octanol–water partition coefficient (Wildman–Crippen LogP) is 1.51. The molecule has 1 atom stereocenters. The number of amides is 1. The third-order valence-electron chi connectivity index (χ3n) is 3.15. The van der Waals surface area contributed by atoms with Crippen molar-refractivity contribution in [2.45, 2.75) is 20.4 Å². The zero-order chi connectivity index (χ0) is 15.1. The smallest absolute Gasteiger partial charge is 0.228 e. The molecule has 6 nitrogen and oxygen atoms in total. The molecular weight excluding hydrogens is 266 g/mol. The molecule has 1 aromatic carbocycles. The summed E-state index contributed by atoms with van der Waals surface area (Å²) in [5.41, 5.74) is 1.87. The molecule has 2 aromatic rings. The summed E-state index contributed by atoms with van der Waals surface area (Å²) >= 11 is 0. The molecule has 2 N–H and O–H groups in total. The summed E-state index contributed by atoms with van der Waals surface area (Å²) in [6.07, 6.45) is 3.18. The second-order valence-electron chi connectivity index (χ2n) is 4.99. The number of rotatable bonds is 7. The molecule has 1 heterocycles. The van der Waals surface area contributed by atoms with Crippen LogP contribution in [0.5, 0.6) is 0 Å². The van der Waals surface area contributed by atoms with Crippen molar-refractivity contribution in [1.29, 1.82) is 0 Å². The Morgan fingerprint density at radius 1 is 1.43 bits per heavy atom. The van der Waals surface area contributed by atoms with Gasteiger partial charge in [-0.1, -0.05) is 26.0 Å². The van der Waals surface area contributed by atoms with E-state index in [0.29, 0.717) is 13.1 Å². The van der Waals surface area contributed by atoms with E-state index in [-0.39, 0.29) is 11.8 Å². The molecular formula is C15H21N5O. The molecule has 0 saturated carbocycles. The van der Waals surface area contributed by atoms with Gasteiger partial charge in [-0.2, -0.15) is 5.10 Å². The van der Waals surface area contributed by atoms with Crippen molar-refractivity contribution in [1.82, 2.24) is 20.1 Å². The molecule has 0 fully saturated rings. The van der Waals surface area contributed by atoms with E-state index in [2.05, 4.69) is 20.7 Å². The standard InChI is InChI=1S/C15H21N5O/c1-3-16-8-12(2)15(21)19-14-6-4-5-13(7-14)9-20-11-17-10-18-20/h4-7,10-12,16H,3,8-9H2,1-2H3,(H,19,21). The van der Waals surface area contributed by atoms with Gasteiger partial charge in [0.25, 0.3) is 0 Å². The highest BCUT2D eigenvalue weighted by Gasteiger charge is 2.12. The maximum absolute atomic E-state index is 12.1. The molecule has 112 valence electrons. The second-order valence-corrected chi connectivity index (χ2v) is 4.99. The van der Waals surface area contributed by atoms with E-state index in [9.17, 15) is 4.79 Å². The lowest BCUT2D eigenvalue weighted by atomic mass is 10.1. The SMILES string of the molecule is CCNCC(C)C(=O)Nc1cccc(Cn2cncn2)c1. The van der Waals surface area contributed by atoms with Gasteiger partial charge in [-0.25, -0.2) is 9.67 Å². The highest BCUT2D eigenvalue weighted by molar-refractivity contribution is 5.92. The molecule has 0 bridgehead atoms. The Balaban J connectivity index is 1.96. The first-order chi connectivity index (χ1) is 10.2. The summed E-state index contributed by atoms with van der Waals surface area (Å²) in [7, 11) is 0. The van der Waals surface area contributed by atoms with Gasteiger partial charge in [-0.3, -0.25) is 4.79 Å². The van der Waals surface area contributed by atoms with Crippen molar-refractivity contribution in [2.75, 3.05) is 18.4 Å². The van der Waals surface area contributed by atoms with Gasteiger partial charge >= 0.3 is 0 Å². The number of nitrogens with zero attached hydrogens (tertiary/aromatic N) is 3. The van der Waals surface area contributed by atoms with Crippen LogP contribution in [0.15, 0.2) is 36.9 Å². The first-order valence-corrected chi connectivity index (χ1v) is 7.12. The molecule has 1 aromatic heterocycles. The monoisotopic (exact) mass is 287 g/mol. The molecule has 0 aliphatic heterocycles. The molecule has 0 saturated heterocycles. The molecule has 2 rings (SSSR count). The lowest BCUT2D eigenvalue weighted by molar-refractivity contribution is -0.119. The molecule has 1 amide bonds. The van der Waals surface area contributed by atoms with E-state index in [1.165, 1.54) is 6.33 Å². The maximum Gasteiger partial charge on any atom is 0.228 e. The fourth-order valence-electron chi connectivity index (χ4n) is 1.97. The van der Waals surface area contributed by atoms with Gasteiger partial charge in [-0.05, 0) is 24.2 Å². The number of carbonyl (C=O) groups excluding carboxylic acids is 1. The van der Waals surface area contributed by atoms with Gasteiger partial charge in [-0.15, -0.1) is 0 Å². The third-order valence-corrected chi connectivity index (χ3v) is 3.15. The average molecular weight is 287 g/mol. The minimum Gasteiger partial charge on any atom is -0.326 e. The summed E-state index contributed by atoms with van der Waals surface area (Å²) in [6, 6.07) is 7.78. The van der Waals surface area contributed by atoms with Crippen LogP contribution in [0.3, 0.4) is 0 Å². The largest absolute Gasteiger partial charge is 0.326 e. The fourth-order valence-corrected chi connectivity index (χ4v) is 1.97. The Kier molecular flexibility index (Phi) is 5.45. The number of aromatic nitrogens is 3. The Hall–Kier alpha value is -2.21. The first kappa shape index (κ1) is 15.2. The van der Waals surface area contributed by atoms with Crippen LogP contribution < -0.4 is 10.6 Å². The van der Waals surface area contributed by atoms with Gasteiger partial charge in [0, 0.05) is 18.2 Å². The highest BCUT2D eigenvalue weighted by atomic mass is 16.1. The molecule has 0 aliphatic rings. The van der Waals surface area contributed by atoms with Crippen LogP contribution in [0.25, 0.3) is 0 Å². The molecule has 0 spiro atoms. The predicted molar refractivity (Wildman–Crippen MR) is 81.9 cm³/mol. The van der Waals surface area contributed by atoms with Crippen LogP contribution in [-0.2, 0) is 11.3 Å². The van der Waals surface area contributed by atoms with Gasteiger partial charge in [0.2, 0.25) is 5.91 Å². The Morgan fingerprint density at radius 2 is 2.29 bits per heavy atom. The van der Waals surface area contributed by atoms with Crippen LogP contribution in [0, 0.1) is 5.92 Å². The van der Waals surface area contributed by atoms with E-state index in [1.807, 2.05) is 38.1 Å². The zero-order valence-electron chi connectivity index (χ0n) is 12.4. The van der Waals surface area contributed by atoms with Crippen LogP contribution in [0.1, 0.15) is 19.4 Å². The number of benzene rings is 1. The topological polar surface area (TPSA) is 71.8 Å². The minimum atomic E-state index is -0.0658. The lowest BCUT2D eigenvalue weighted by Gasteiger charge is -2.13. The number of carbonyl (C=O) groups is 1. The summed E-state index contributed by atoms with van der Waals surface area (Å²) in [4.78, 5) is 16.0. The van der Waals surface area contributed by atoms with E-state index in [0.717, 1.165) is 17.8 Å². The summed E-state index contributed by atoms with van der Waals surface area (Å²) in [5.74, 6) is -0.0437. The van der Waals surface area contributed by atoms with E-state index in [1.54, 1.807) is 11.0 Å². The fraction of sp³-hybridized carbons (Fsp3) is 0.400. The number of anilines is 1. The van der Waals surface area contributed by atoms with Crippen molar-refractivity contribution in [2.24, 2.45) is 5.92 Å². The van der Waals surface area contributed by atoms with E-state index >= 15 is 0 Å². The number of hydrogen-bond donors (Lipinski definition) is 2. The Labute approximate surface area is 124 Å². The highest BCUT2D eigenvalue weighted by Crippen LogP contribution is 2.12. The molecule has 21 heavy (non-hydrogen) atoms. The van der Waals surface area contributed by atoms with Crippen LogP contribution in [0.2, 0.25) is 0 Å². The lowest BCUT2D eigenvalue weighted by Crippen LogP contribution is -2.30. The van der Waals surface area contributed by atoms with E-state index in [4.69, 9.17) is 0 Å². The van der Waals surface area contributed by atoms with Crippen molar-refractivity contribution in [3.05, 3.63) is 42.5 Å². The molecule has 0 aliphatic carbocycles. The van der Waals surface area contributed by atoms with Crippen molar-refractivity contribution >= 4 is 11.6 Å². The molecule has 0 radical (unpaired) electrons. The van der Waals surface area contributed by atoms with Gasteiger partial charge in [0.05, 0.1) is 6.54 Å². The van der Waals surface area contributed by atoms with Crippen molar-refractivity contribution < 1.29 is 4.79 Å². The molecule has 6 heteroatoms. The van der Waals surface area contributed by atoms with Gasteiger partial charge < -0.3 is 10.6 Å². The average Bonchev–Trinajstić information content (AvgIpc) is 2.98. The van der Waals surface area contributed by atoms with Crippen molar-refractivity contribution in [3.63, 3.8) is 0 Å².